The molecule has 0 atom stereocenters. The van der Waals surface area contributed by atoms with Gasteiger partial charge in [0.15, 0.2) is 0 Å². The number of nitrogens with one attached hydrogen (secondary N) is 1. The van der Waals surface area contributed by atoms with Crippen molar-refractivity contribution in [2.45, 2.75) is 6.92 Å². The molecule has 0 bridgehead atoms. The average Bonchev–Trinajstić information content (AvgIpc) is 1.68. The summed E-state index contributed by atoms with van der Waals surface area (Å²) in [7, 11) is 1.93. The summed E-state index contributed by atoms with van der Waals surface area (Å²) in [5.41, 5.74) is 1.31. The first kappa shape index (κ1) is 7.44. The van der Waals surface area contributed by atoms with E-state index in [4.69, 9.17) is 0 Å². The Morgan fingerprint density at radius 1 is 1.75 bits per heavy atom. The fourth-order valence-electron chi connectivity index (χ4n) is 0.539. The van der Waals surface area contributed by atoms with Crippen LogP contribution in [0.5, 0.6) is 0 Å². The second-order valence-corrected chi connectivity index (χ2v) is 1.78. The highest BCUT2D eigenvalue weighted by molar-refractivity contribution is 5.08. The van der Waals surface area contributed by atoms with E-state index in [2.05, 4.69) is 18.8 Å². The van der Waals surface area contributed by atoms with E-state index in [1.165, 1.54) is 5.57 Å². The average molecular weight is 111 g/mol. The first-order valence-corrected chi connectivity index (χ1v) is 2.74. The van der Waals surface area contributed by atoms with Crippen molar-refractivity contribution in [2.24, 2.45) is 0 Å². The molecular formula is C7H13N. The summed E-state index contributed by atoms with van der Waals surface area (Å²) in [6, 6.07) is 0. The molecule has 0 heterocycles. The highest BCUT2D eigenvalue weighted by Gasteiger charge is 1.79. The van der Waals surface area contributed by atoms with Crippen LogP contribution >= 0.6 is 0 Å². The molecule has 0 aliphatic carbocycles. The topological polar surface area (TPSA) is 12.0 Å². The Kier molecular flexibility index (Phi) is 4.27. The van der Waals surface area contributed by atoms with Crippen LogP contribution in [-0.4, -0.2) is 13.6 Å². The first-order chi connectivity index (χ1) is 3.81. The van der Waals surface area contributed by atoms with Crippen LogP contribution in [0.25, 0.3) is 0 Å². The van der Waals surface area contributed by atoms with Gasteiger partial charge in [-0.05, 0) is 14.0 Å². The van der Waals surface area contributed by atoms with Gasteiger partial charge in [0.1, 0.15) is 0 Å². The van der Waals surface area contributed by atoms with Crippen molar-refractivity contribution >= 4 is 0 Å². The molecule has 0 aromatic carbocycles. The van der Waals surface area contributed by atoms with Crippen LogP contribution in [0.1, 0.15) is 6.92 Å². The maximum Gasteiger partial charge on any atom is 0.0161 e. The lowest BCUT2D eigenvalue weighted by Gasteiger charge is -1.94. The minimum Gasteiger partial charge on any atom is -0.316 e. The lowest BCUT2D eigenvalue weighted by atomic mass is 10.3. The molecule has 1 heteroatoms. The summed E-state index contributed by atoms with van der Waals surface area (Å²) in [6.45, 7) is 6.60. The number of allylic oxidation sites excluding steroid dienone is 2. The van der Waals surface area contributed by atoms with Crippen molar-refractivity contribution < 1.29 is 0 Å². The van der Waals surface area contributed by atoms with Gasteiger partial charge in [0.05, 0.1) is 0 Å². The number of likely N-dealkylation sites (N-methyl/N-ethyl adjacent to an activating group) is 1. The molecule has 46 valence electrons. The minimum atomic E-state index is 0.950. The van der Waals surface area contributed by atoms with Crippen molar-refractivity contribution in [1.29, 1.82) is 0 Å². The lowest BCUT2D eigenvalue weighted by molar-refractivity contribution is 0.880. The van der Waals surface area contributed by atoms with E-state index in [0.29, 0.717) is 0 Å². The van der Waals surface area contributed by atoms with E-state index in [1.807, 2.05) is 13.1 Å². The van der Waals surface area contributed by atoms with Gasteiger partial charge >= 0.3 is 0 Å². The number of hydrogen-bond donors (Lipinski definition) is 1. The zero-order valence-corrected chi connectivity index (χ0v) is 5.57. The molecule has 0 aliphatic heterocycles. The maximum absolute atomic E-state index is 3.58. The monoisotopic (exact) mass is 111 g/mol. The van der Waals surface area contributed by atoms with Crippen molar-refractivity contribution in [3.63, 3.8) is 0 Å². The third-order valence-electron chi connectivity index (χ3n) is 0.858. The molecule has 0 amide bonds. The molecule has 0 fully saturated rings. The van der Waals surface area contributed by atoms with Crippen LogP contribution in [0.15, 0.2) is 24.3 Å². The van der Waals surface area contributed by atoms with Gasteiger partial charge in [-0.15, -0.1) is 0 Å². The summed E-state index contributed by atoms with van der Waals surface area (Å²) in [4.78, 5) is 0. The molecule has 0 aliphatic rings. The van der Waals surface area contributed by atoms with Crippen LogP contribution in [0, 0.1) is 0 Å². The van der Waals surface area contributed by atoms with Crippen LogP contribution in [-0.2, 0) is 0 Å². The van der Waals surface area contributed by atoms with E-state index >= 15 is 0 Å². The Morgan fingerprint density at radius 3 is 2.75 bits per heavy atom. The zero-order chi connectivity index (χ0) is 6.41. The fourth-order valence-corrected chi connectivity index (χ4v) is 0.539. The first-order valence-electron chi connectivity index (χ1n) is 2.74. The Labute approximate surface area is 51.1 Å². The smallest absolute Gasteiger partial charge is 0.0161 e. The van der Waals surface area contributed by atoms with Gasteiger partial charge in [-0.3, -0.25) is 0 Å². The van der Waals surface area contributed by atoms with E-state index in [1.54, 1.807) is 6.08 Å². The van der Waals surface area contributed by atoms with Gasteiger partial charge in [0, 0.05) is 6.54 Å². The summed E-state index contributed by atoms with van der Waals surface area (Å²) in [6.07, 6.45) is 3.79. The quantitative estimate of drug-likeness (QED) is 0.542. The third-order valence-corrected chi connectivity index (χ3v) is 0.858. The number of hydrogen-bond acceptors (Lipinski definition) is 1. The van der Waals surface area contributed by atoms with Crippen LogP contribution in [0.2, 0.25) is 0 Å². The molecule has 1 nitrogen and oxygen atoms in total. The van der Waals surface area contributed by atoms with E-state index in [0.717, 1.165) is 6.54 Å². The molecular weight excluding hydrogens is 98.1 g/mol. The van der Waals surface area contributed by atoms with E-state index in [9.17, 15) is 0 Å². The second-order valence-electron chi connectivity index (χ2n) is 1.78. The normalized spacial score (nSPS) is 11.5. The fraction of sp³-hybridized carbons (Fsp3) is 0.429. The zero-order valence-electron chi connectivity index (χ0n) is 5.57. The molecule has 0 saturated carbocycles. The highest BCUT2D eigenvalue weighted by atomic mass is 14.8. The van der Waals surface area contributed by atoms with Crippen molar-refractivity contribution in [3.05, 3.63) is 24.3 Å². The second kappa shape index (κ2) is 4.60. The number of rotatable bonds is 3. The predicted molar refractivity (Wildman–Crippen MR) is 37.9 cm³/mol. The molecule has 0 saturated heterocycles. The molecule has 0 rings (SSSR count). The van der Waals surface area contributed by atoms with Crippen LogP contribution < -0.4 is 5.32 Å². The van der Waals surface area contributed by atoms with Gasteiger partial charge in [0.2, 0.25) is 0 Å². The Balaban J connectivity index is 3.44. The third kappa shape index (κ3) is 3.62. The van der Waals surface area contributed by atoms with Gasteiger partial charge < -0.3 is 5.32 Å². The predicted octanol–water partition coefficient (Wildman–Crippen LogP) is 1.34. The standard InChI is InChI=1S/C7H13N/c1-4-5-7(2)6-8-3/h4-5,8H,1,6H2,2-3H3. The summed E-state index contributed by atoms with van der Waals surface area (Å²) >= 11 is 0. The maximum atomic E-state index is 3.58. The summed E-state index contributed by atoms with van der Waals surface area (Å²) in [5, 5.41) is 3.04. The molecule has 0 spiro atoms. The van der Waals surface area contributed by atoms with E-state index in [-0.39, 0.29) is 0 Å². The highest BCUT2D eigenvalue weighted by Crippen LogP contribution is 1.87. The Morgan fingerprint density at radius 2 is 2.38 bits per heavy atom. The molecule has 0 radical (unpaired) electrons. The Hall–Kier alpha value is -0.560. The van der Waals surface area contributed by atoms with Gasteiger partial charge in [-0.1, -0.05) is 24.3 Å². The summed E-state index contributed by atoms with van der Waals surface area (Å²) < 4.78 is 0. The summed E-state index contributed by atoms with van der Waals surface area (Å²) in [5.74, 6) is 0. The van der Waals surface area contributed by atoms with Crippen molar-refractivity contribution in [3.8, 4) is 0 Å². The van der Waals surface area contributed by atoms with Crippen molar-refractivity contribution in [1.82, 2.24) is 5.32 Å². The van der Waals surface area contributed by atoms with E-state index < -0.39 is 0 Å². The molecule has 8 heavy (non-hydrogen) atoms. The Bertz CT molecular complexity index is 92.6. The largest absolute Gasteiger partial charge is 0.316 e. The van der Waals surface area contributed by atoms with Gasteiger partial charge in [-0.2, -0.15) is 0 Å². The van der Waals surface area contributed by atoms with Crippen molar-refractivity contribution in [2.75, 3.05) is 13.6 Å². The minimum absolute atomic E-state index is 0.950. The lowest BCUT2D eigenvalue weighted by Crippen LogP contribution is -2.07. The molecule has 0 aromatic heterocycles. The van der Waals surface area contributed by atoms with Crippen LogP contribution in [0.3, 0.4) is 0 Å². The molecule has 1 N–H and O–H groups in total. The molecule has 0 unspecified atom stereocenters. The van der Waals surface area contributed by atoms with Gasteiger partial charge in [0.25, 0.3) is 0 Å². The SMILES string of the molecule is C=CC=C(C)CNC. The molecule has 0 aromatic rings. The van der Waals surface area contributed by atoms with Gasteiger partial charge in [-0.25, -0.2) is 0 Å². The van der Waals surface area contributed by atoms with Crippen LogP contribution in [0.4, 0.5) is 0 Å².